The molecule has 0 atom stereocenters. The molecule has 3 aromatic carbocycles. The molecular weight excluding hydrogens is 646 g/mol. The molecule has 0 radical (unpaired) electrons. The zero-order chi connectivity index (χ0) is 35.6. The lowest BCUT2D eigenvalue weighted by Crippen LogP contribution is -2.27. The highest BCUT2D eigenvalue weighted by atomic mass is 16.5. The Bertz CT molecular complexity index is 2120. The van der Waals surface area contributed by atoms with E-state index in [1.807, 2.05) is 85.8 Å². The minimum absolute atomic E-state index is 0.135. The first-order valence-electron chi connectivity index (χ1n) is 16.7. The summed E-state index contributed by atoms with van der Waals surface area (Å²) < 4.78 is 8.03. The van der Waals surface area contributed by atoms with E-state index in [1.54, 1.807) is 10.9 Å². The van der Waals surface area contributed by atoms with Crippen LogP contribution in [0.5, 0.6) is 5.75 Å². The highest BCUT2D eigenvalue weighted by Crippen LogP contribution is 2.32. The van der Waals surface area contributed by atoms with Gasteiger partial charge in [-0.3, -0.25) is 10.1 Å². The van der Waals surface area contributed by atoms with Gasteiger partial charge in [-0.2, -0.15) is 5.10 Å². The number of rotatable bonds is 14. The molecule has 0 aliphatic carbocycles. The van der Waals surface area contributed by atoms with E-state index in [-0.39, 0.29) is 31.5 Å². The molecule has 0 aliphatic rings. The molecule has 0 saturated carbocycles. The zero-order valence-electron chi connectivity index (χ0n) is 28.4. The number of unbranched alkanes of at least 4 members (excludes halogenated alkanes) is 1. The van der Waals surface area contributed by atoms with Gasteiger partial charge in [-0.25, -0.2) is 24.4 Å². The Hall–Kier alpha value is -6.34. The molecule has 6 aromatic rings. The van der Waals surface area contributed by atoms with Crippen LogP contribution in [0.1, 0.15) is 47.1 Å². The second kappa shape index (κ2) is 16.4. The number of amides is 3. The normalized spacial score (nSPS) is 10.9. The minimum atomic E-state index is -0.418. The second-order valence-corrected chi connectivity index (χ2v) is 11.8. The predicted molar refractivity (Wildman–Crippen MR) is 197 cm³/mol. The minimum Gasteiger partial charge on any atom is -0.488 e. The first-order chi connectivity index (χ1) is 24.9. The molecular formula is C38H39N9O4. The van der Waals surface area contributed by atoms with Gasteiger partial charge >= 0.3 is 6.03 Å². The van der Waals surface area contributed by atoms with E-state index in [4.69, 9.17) is 14.9 Å². The average Bonchev–Trinajstić information content (AvgIpc) is 3.55. The topological polar surface area (TPSA) is 168 Å². The SMILES string of the molecule is CCCCc1cc(NC(=O)Nc2ccc(OCc3ccnc(Nc4cnc(C(=O)NCCO)cn4)c3)c3ccccc23)n(-c2ccc(C)cc2)n1. The number of hydrogen-bond acceptors (Lipinski definition) is 9. The van der Waals surface area contributed by atoms with Gasteiger partial charge in [0.1, 0.15) is 35.5 Å². The van der Waals surface area contributed by atoms with E-state index in [2.05, 4.69) is 43.1 Å². The van der Waals surface area contributed by atoms with Gasteiger partial charge in [0.25, 0.3) is 5.91 Å². The number of hydrogen-bond donors (Lipinski definition) is 5. The Balaban J connectivity index is 1.13. The van der Waals surface area contributed by atoms with Crippen LogP contribution in [0.2, 0.25) is 0 Å². The quantitative estimate of drug-likeness (QED) is 0.0854. The number of pyridine rings is 1. The van der Waals surface area contributed by atoms with E-state index in [0.717, 1.165) is 52.5 Å². The number of nitrogens with zero attached hydrogens (tertiary/aromatic N) is 5. The first-order valence-corrected chi connectivity index (χ1v) is 16.7. The molecule has 0 fully saturated rings. The largest absolute Gasteiger partial charge is 0.488 e. The average molecular weight is 686 g/mol. The van der Waals surface area contributed by atoms with Crippen molar-refractivity contribution in [3.8, 4) is 11.4 Å². The van der Waals surface area contributed by atoms with Gasteiger partial charge in [0.05, 0.1) is 36.1 Å². The van der Waals surface area contributed by atoms with E-state index < -0.39 is 5.91 Å². The van der Waals surface area contributed by atoms with Gasteiger partial charge < -0.3 is 25.8 Å². The summed E-state index contributed by atoms with van der Waals surface area (Å²) in [5.41, 5.74) is 4.56. The number of aliphatic hydroxyl groups excluding tert-OH is 1. The van der Waals surface area contributed by atoms with Crippen molar-refractivity contribution in [2.45, 2.75) is 39.7 Å². The number of aliphatic hydroxyl groups is 1. The van der Waals surface area contributed by atoms with Gasteiger partial charge in [0, 0.05) is 29.6 Å². The number of urea groups is 1. The highest BCUT2D eigenvalue weighted by Gasteiger charge is 2.15. The number of fused-ring (bicyclic) bond motifs is 1. The van der Waals surface area contributed by atoms with Crippen molar-refractivity contribution in [2.75, 3.05) is 29.1 Å². The molecule has 0 saturated heterocycles. The predicted octanol–water partition coefficient (Wildman–Crippen LogP) is 6.55. The van der Waals surface area contributed by atoms with Crippen LogP contribution in [-0.2, 0) is 13.0 Å². The number of carbonyl (C=O) groups excluding carboxylic acids is 2. The number of benzene rings is 3. The third-order valence-corrected chi connectivity index (χ3v) is 7.96. The maximum absolute atomic E-state index is 13.4. The Labute approximate surface area is 295 Å². The third kappa shape index (κ3) is 8.83. The maximum atomic E-state index is 13.4. The van der Waals surface area contributed by atoms with Crippen molar-refractivity contribution in [1.29, 1.82) is 0 Å². The molecule has 3 heterocycles. The molecule has 5 N–H and O–H groups in total. The van der Waals surface area contributed by atoms with Crippen LogP contribution in [0.3, 0.4) is 0 Å². The summed E-state index contributed by atoms with van der Waals surface area (Å²) in [7, 11) is 0. The number of aryl methyl sites for hydroxylation is 2. The van der Waals surface area contributed by atoms with Crippen LogP contribution in [-0.4, -0.2) is 54.9 Å². The molecule has 0 spiro atoms. The molecule has 6 rings (SSSR count). The molecule has 260 valence electrons. The van der Waals surface area contributed by atoms with E-state index >= 15 is 0 Å². The van der Waals surface area contributed by atoms with Gasteiger partial charge in [-0.1, -0.05) is 55.3 Å². The van der Waals surface area contributed by atoms with Crippen molar-refractivity contribution >= 4 is 45.9 Å². The van der Waals surface area contributed by atoms with Crippen LogP contribution in [0.15, 0.2) is 97.5 Å². The van der Waals surface area contributed by atoms with Crippen molar-refractivity contribution in [3.63, 3.8) is 0 Å². The molecule has 3 aromatic heterocycles. The van der Waals surface area contributed by atoms with Crippen molar-refractivity contribution < 1.29 is 19.4 Å². The lowest BCUT2D eigenvalue weighted by Gasteiger charge is -2.15. The number of carbonyl (C=O) groups is 2. The van der Waals surface area contributed by atoms with Gasteiger partial charge in [0.15, 0.2) is 0 Å². The van der Waals surface area contributed by atoms with Gasteiger partial charge in [-0.05, 0) is 61.7 Å². The van der Waals surface area contributed by atoms with Crippen LogP contribution < -0.4 is 26.0 Å². The lowest BCUT2D eigenvalue weighted by molar-refractivity contribution is 0.0939. The molecule has 3 amide bonds. The van der Waals surface area contributed by atoms with Crippen molar-refractivity contribution in [3.05, 3.63) is 120 Å². The van der Waals surface area contributed by atoms with Crippen molar-refractivity contribution in [2.24, 2.45) is 0 Å². The standard InChI is InChI=1S/C38H39N9O4/c1-3-4-7-27-21-36(47(46-27)28-12-10-25(2)11-13-28)45-38(50)43-31-14-15-33(30-9-6-5-8-29(30)31)51-24-26-16-17-39-34(20-26)44-35-23-41-32(22-42-35)37(49)40-18-19-48/h5-6,8-17,20-23,48H,3-4,7,18-19,24H2,1-2H3,(H,40,49)(H,39,42,44)(H2,43,45,50). The summed E-state index contributed by atoms with van der Waals surface area (Å²) in [4.78, 5) is 38.1. The van der Waals surface area contributed by atoms with E-state index in [1.165, 1.54) is 12.4 Å². The number of aromatic nitrogens is 5. The smallest absolute Gasteiger partial charge is 0.324 e. The lowest BCUT2D eigenvalue weighted by atomic mass is 10.1. The van der Waals surface area contributed by atoms with Gasteiger partial charge in [0.2, 0.25) is 0 Å². The number of anilines is 4. The van der Waals surface area contributed by atoms with E-state index in [9.17, 15) is 9.59 Å². The summed E-state index contributed by atoms with van der Waals surface area (Å²) in [5, 5.41) is 27.0. The molecule has 13 nitrogen and oxygen atoms in total. The molecule has 0 unspecified atom stereocenters. The molecule has 51 heavy (non-hydrogen) atoms. The Morgan fingerprint density at radius 3 is 2.47 bits per heavy atom. The number of nitrogens with one attached hydrogen (secondary N) is 4. The number of ether oxygens (including phenoxy) is 1. The molecule has 13 heteroatoms. The Morgan fingerprint density at radius 1 is 0.882 bits per heavy atom. The summed E-state index contributed by atoms with van der Waals surface area (Å²) in [5.74, 6) is 1.76. The van der Waals surface area contributed by atoms with Crippen LogP contribution in [0, 0.1) is 6.92 Å². The van der Waals surface area contributed by atoms with Crippen LogP contribution in [0.25, 0.3) is 16.5 Å². The first kappa shape index (κ1) is 34.5. The monoisotopic (exact) mass is 685 g/mol. The maximum Gasteiger partial charge on any atom is 0.324 e. The third-order valence-electron chi connectivity index (χ3n) is 7.96. The second-order valence-electron chi connectivity index (χ2n) is 11.8. The summed E-state index contributed by atoms with van der Waals surface area (Å²) in [6, 6.07) is 24.6. The molecule has 0 aliphatic heterocycles. The Morgan fingerprint density at radius 2 is 1.71 bits per heavy atom. The summed E-state index contributed by atoms with van der Waals surface area (Å²) in [6.45, 7) is 4.41. The van der Waals surface area contributed by atoms with E-state index in [0.29, 0.717) is 28.9 Å². The fourth-order valence-electron chi connectivity index (χ4n) is 5.35. The summed E-state index contributed by atoms with van der Waals surface area (Å²) >= 11 is 0. The zero-order valence-corrected chi connectivity index (χ0v) is 28.4. The van der Waals surface area contributed by atoms with Crippen molar-refractivity contribution in [1.82, 2.24) is 30.0 Å². The molecule has 0 bridgehead atoms. The van der Waals surface area contributed by atoms with Gasteiger partial charge in [-0.15, -0.1) is 0 Å². The Kier molecular flexibility index (Phi) is 11.1. The van der Waals surface area contributed by atoms with Crippen LogP contribution >= 0.6 is 0 Å². The summed E-state index contributed by atoms with van der Waals surface area (Å²) in [6.07, 6.45) is 7.33. The van der Waals surface area contributed by atoms with Crippen LogP contribution in [0.4, 0.5) is 27.9 Å². The fourth-order valence-corrected chi connectivity index (χ4v) is 5.35. The fraction of sp³-hybridized carbons (Fsp3) is 0.211. The highest BCUT2D eigenvalue weighted by molar-refractivity contribution is 6.07.